The maximum absolute atomic E-state index is 12.3. The zero-order chi connectivity index (χ0) is 22.1. The summed E-state index contributed by atoms with van der Waals surface area (Å²) in [4.78, 5) is 25.9. The molecule has 2 amide bonds. The number of carbonyl (C=O) groups is 2. The Bertz CT molecular complexity index is 823. The number of rotatable bonds is 9. The van der Waals surface area contributed by atoms with Crippen molar-refractivity contribution in [1.29, 1.82) is 5.26 Å². The Morgan fingerprint density at radius 1 is 1.40 bits per heavy atom. The number of hydrogen-bond donors (Lipinski definition) is 1. The summed E-state index contributed by atoms with van der Waals surface area (Å²) in [6, 6.07) is 6.98. The average Bonchev–Trinajstić information content (AvgIpc) is 3.25. The Balaban J connectivity index is 2.15. The van der Waals surface area contributed by atoms with Crippen molar-refractivity contribution in [3.63, 3.8) is 0 Å². The van der Waals surface area contributed by atoms with Gasteiger partial charge in [0, 0.05) is 27.2 Å². The Morgan fingerprint density at radius 3 is 2.77 bits per heavy atom. The van der Waals surface area contributed by atoms with E-state index in [4.69, 9.17) is 14.2 Å². The molecule has 0 aliphatic carbocycles. The van der Waals surface area contributed by atoms with Crippen molar-refractivity contribution in [2.24, 2.45) is 0 Å². The standard InChI is InChI=1S/C22H29N3O5/c1-5-28-20-12-16(8-9-19(20)30-15(2)22(27)25(3)4)11-17(13-23)21(26)24-14-18-7-6-10-29-18/h8-9,11-12,15,18H,5-7,10,14H2,1-4H3,(H,24,26)/b17-11+/t15-,18+/m0/s1. The molecule has 1 fully saturated rings. The van der Waals surface area contributed by atoms with Gasteiger partial charge in [0.2, 0.25) is 0 Å². The molecule has 0 unspecified atom stereocenters. The number of benzene rings is 1. The number of nitrogens with one attached hydrogen (secondary N) is 1. The monoisotopic (exact) mass is 415 g/mol. The molecule has 162 valence electrons. The minimum atomic E-state index is -0.682. The smallest absolute Gasteiger partial charge is 0.262 e. The van der Waals surface area contributed by atoms with Gasteiger partial charge < -0.3 is 24.4 Å². The number of hydrogen-bond acceptors (Lipinski definition) is 6. The third-order valence-corrected chi connectivity index (χ3v) is 4.55. The highest BCUT2D eigenvalue weighted by Gasteiger charge is 2.20. The van der Waals surface area contributed by atoms with Gasteiger partial charge in [-0.15, -0.1) is 0 Å². The van der Waals surface area contributed by atoms with Crippen LogP contribution in [-0.4, -0.2) is 62.8 Å². The summed E-state index contributed by atoms with van der Waals surface area (Å²) >= 11 is 0. The molecule has 0 bridgehead atoms. The van der Waals surface area contributed by atoms with Gasteiger partial charge in [0.15, 0.2) is 17.6 Å². The Hall–Kier alpha value is -3.05. The van der Waals surface area contributed by atoms with E-state index < -0.39 is 12.0 Å². The lowest BCUT2D eigenvalue weighted by Gasteiger charge is -2.20. The summed E-state index contributed by atoms with van der Waals surface area (Å²) in [5.41, 5.74) is 0.599. The van der Waals surface area contributed by atoms with Crippen molar-refractivity contribution in [2.75, 3.05) is 33.9 Å². The molecule has 1 aliphatic rings. The SMILES string of the molecule is CCOc1cc(/C=C(\C#N)C(=O)NC[C@H]2CCCO2)ccc1O[C@@H](C)C(=O)N(C)C. The molecule has 8 heteroatoms. The number of nitriles is 1. The van der Waals surface area contributed by atoms with E-state index in [2.05, 4.69) is 5.32 Å². The Labute approximate surface area is 177 Å². The van der Waals surface area contributed by atoms with E-state index in [9.17, 15) is 14.9 Å². The van der Waals surface area contributed by atoms with Crippen LogP contribution in [0.4, 0.5) is 0 Å². The van der Waals surface area contributed by atoms with Gasteiger partial charge in [0.05, 0.1) is 12.7 Å². The quantitative estimate of drug-likeness (QED) is 0.490. The molecule has 1 saturated heterocycles. The first kappa shape index (κ1) is 23.2. The second kappa shape index (κ2) is 11.2. The van der Waals surface area contributed by atoms with E-state index in [-0.39, 0.29) is 17.6 Å². The second-order valence-corrected chi connectivity index (χ2v) is 7.15. The summed E-state index contributed by atoms with van der Waals surface area (Å²) in [6.07, 6.45) is 2.70. The van der Waals surface area contributed by atoms with Crippen molar-refractivity contribution in [2.45, 2.75) is 38.9 Å². The molecule has 0 saturated carbocycles. The molecule has 0 aromatic heterocycles. The third kappa shape index (κ3) is 6.49. The van der Waals surface area contributed by atoms with E-state index in [0.29, 0.717) is 36.8 Å². The van der Waals surface area contributed by atoms with Crippen LogP contribution in [0.25, 0.3) is 6.08 Å². The maximum Gasteiger partial charge on any atom is 0.262 e. The largest absolute Gasteiger partial charge is 0.490 e. The molecular formula is C22H29N3O5. The van der Waals surface area contributed by atoms with Crippen molar-refractivity contribution >= 4 is 17.9 Å². The highest BCUT2D eigenvalue weighted by atomic mass is 16.5. The molecule has 0 spiro atoms. The molecule has 1 aromatic rings. The van der Waals surface area contributed by atoms with Gasteiger partial charge in [0.25, 0.3) is 11.8 Å². The van der Waals surface area contributed by atoms with E-state index in [1.807, 2.05) is 13.0 Å². The van der Waals surface area contributed by atoms with Crippen LogP contribution in [0.3, 0.4) is 0 Å². The van der Waals surface area contributed by atoms with Crippen molar-refractivity contribution in [3.05, 3.63) is 29.3 Å². The molecule has 1 aliphatic heterocycles. The van der Waals surface area contributed by atoms with Gasteiger partial charge >= 0.3 is 0 Å². The first-order chi connectivity index (χ1) is 14.3. The van der Waals surface area contributed by atoms with Gasteiger partial charge in [-0.05, 0) is 50.5 Å². The van der Waals surface area contributed by atoms with Gasteiger partial charge in [-0.1, -0.05) is 6.07 Å². The predicted molar refractivity (Wildman–Crippen MR) is 112 cm³/mol. The van der Waals surface area contributed by atoms with Crippen molar-refractivity contribution in [3.8, 4) is 17.6 Å². The lowest BCUT2D eigenvalue weighted by molar-refractivity contribution is -0.135. The van der Waals surface area contributed by atoms with Crippen LogP contribution in [0.2, 0.25) is 0 Å². The summed E-state index contributed by atoms with van der Waals surface area (Å²) < 4.78 is 16.9. The number of likely N-dealkylation sites (N-methyl/N-ethyl adjacent to an activating group) is 1. The highest BCUT2D eigenvalue weighted by Crippen LogP contribution is 2.30. The normalized spacial score (nSPS) is 17.0. The van der Waals surface area contributed by atoms with Gasteiger partial charge in [-0.3, -0.25) is 9.59 Å². The van der Waals surface area contributed by atoms with E-state index in [0.717, 1.165) is 12.8 Å². The number of ether oxygens (including phenoxy) is 3. The average molecular weight is 415 g/mol. The van der Waals surface area contributed by atoms with Gasteiger partial charge in [-0.25, -0.2) is 0 Å². The highest BCUT2D eigenvalue weighted by molar-refractivity contribution is 6.01. The van der Waals surface area contributed by atoms with E-state index in [1.165, 1.54) is 11.0 Å². The zero-order valence-electron chi connectivity index (χ0n) is 17.9. The number of amides is 2. The minimum Gasteiger partial charge on any atom is -0.490 e. The summed E-state index contributed by atoms with van der Waals surface area (Å²) in [7, 11) is 3.32. The molecule has 2 atom stereocenters. The molecule has 8 nitrogen and oxygen atoms in total. The first-order valence-corrected chi connectivity index (χ1v) is 10.0. The van der Waals surface area contributed by atoms with Gasteiger partial charge in [0.1, 0.15) is 11.6 Å². The van der Waals surface area contributed by atoms with Crippen LogP contribution >= 0.6 is 0 Å². The van der Waals surface area contributed by atoms with Crippen LogP contribution in [0, 0.1) is 11.3 Å². The molecule has 1 N–H and O–H groups in total. The second-order valence-electron chi connectivity index (χ2n) is 7.15. The molecule has 1 heterocycles. The Kier molecular flexibility index (Phi) is 8.69. The van der Waals surface area contributed by atoms with Crippen LogP contribution in [0.5, 0.6) is 11.5 Å². The topological polar surface area (TPSA) is 101 Å². The zero-order valence-corrected chi connectivity index (χ0v) is 17.9. The Morgan fingerprint density at radius 2 is 2.17 bits per heavy atom. The molecule has 1 aromatic carbocycles. The van der Waals surface area contributed by atoms with Crippen LogP contribution in [0.1, 0.15) is 32.3 Å². The summed E-state index contributed by atoms with van der Waals surface area (Å²) in [5.74, 6) is 0.229. The van der Waals surface area contributed by atoms with Crippen molar-refractivity contribution in [1.82, 2.24) is 10.2 Å². The third-order valence-electron chi connectivity index (χ3n) is 4.55. The number of nitrogens with zero attached hydrogens (tertiary/aromatic N) is 2. The minimum absolute atomic E-state index is 0.00162. The summed E-state index contributed by atoms with van der Waals surface area (Å²) in [6.45, 7) is 4.98. The lowest BCUT2D eigenvalue weighted by atomic mass is 10.1. The van der Waals surface area contributed by atoms with Crippen LogP contribution in [0.15, 0.2) is 23.8 Å². The predicted octanol–water partition coefficient (Wildman–Crippen LogP) is 2.14. The molecule has 30 heavy (non-hydrogen) atoms. The number of carbonyl (C=O) groups excluding carboxylic acids is 2. The maximum atomic E-state index is 12.3. The summed E-state index contributed by atoms with van der Waals surface area (Å²) in [5, 5.41) is 12.1. The van der Waals surface area contributed by atoms with E-state index >= 15 is 0 Å². The fourth-order valence-corrected chi connectivity index (χ4v) is 3.01. The fourth-order valence-electron chi connectivity index (χ4n) is 3.01. The molecule has 0 radical (unpaired) electrons. The van der Waals surface area contributed by atoms with Crippen molar-refractivity contribution < 1.29 is 23.8 Å². The van der Waals surface area contributed by atoms with Gasteiger partial charge in [-0.2, -0.15) is 5.26 Å². The van der Waals surface area contributed by atoms with Crippen LogP contribution < -0.4 is 14.8 Å². The first-order valence-electron chi connectivity index (χ1n) is 10.0. The molecular weight excluding hydrogens is 386 g/mol. The van der Waals surface area contributed by atoms with Crippen LogP contribution in [-0.2, 0) is 14.3 Å². The lowest BCUT2D eigenvalue weighted by Crippen LogP contribution is -2.35. The van der Waals surface area contributed by atoms with E-state index in [1.54, 1.807) is 39.2 Å². The molecule has 2 rings (SSSR count). The fraction of sp³-hybridized carbons (Fsp3) is 0.500.